The van der Waals surface area contributed by atoms with E-state index in [1.54, 1.807) is 12.1 Å². The molecule has 1 heterocycles. The number of hydrogen-bond acceptors (Lipinski definition) is 3. The SMILES string of the molecule is N#CCN1CC[C@]2(O)CCCC[C@H]2[C@@H]1c1ccc(F)cc1. The maximum Gasteiger partial charge on any atom is 0.123 e. The van der Waals surface area contributed by atoms with E-state index in [0.29, 0.717) is 6.54 Å². The lowest BCUT2D eigenvalue weighted by molar-refractivity contribution is -0.121. The zero-order valence-corrected chi connectivity index (χ0v) is 12.1. The summed E-state index contributed by atoms with van der Waals surface area (Å²) in [7, 11) is 0. The summed E-state index contributed by atoms with van der Waals surface area (Å²) in [5.41, 5.74) is 0.389. The molecule has 1 aromatic carbocycles. The predicted molar refractivity (Wildman–Crippen MR) is 77.9 cm³/mol. The van der Waals surface area contributed by atoms with Gasteiger partial charge in [-0.25, -0.2) is 4.39 Å². The lowest BCUT2D eigenvalue weighted by atomic mass is 9.66. The smallest absolute Gasteiger partial charge is 0.123 e. The van der Waals surface area contributed by atoms with Crippen LogP contribution in [-0.4, -0.2) is 28.7 Å². The van der Waals surface area contributed by atoms with Gasteiger partial charge < -0.3 is 5.11 Å². The van der Waals surface area contributed by atoms with E-state index in [4.69, 9.17) is 5.26 Å². The second-order valence-corrected chi connectivity index (χ2v) is 6.33. The first-order valence-electron chi connectivity index (χ1n) is 7.73. The summed E-state index contributed by atoms with van der Waals surface area (Å²) in [4.78, 5) is 2.14. The van der Waals surface area contributed by atoms with E-state index in [-0.39, 0.29) is 17.8 Å². The quantitative estimate of drug-likeness (QED) is 0.851. The number of likely N-dealkylation sites (tertiary alicyclic amines) is 1. The highest BCUT2D eigenvalue weighted by Gasteiger charge is 2.48. The Balaban J connectivity index is 1.96. The molecule has 0 spiro atoms. The van der Waals surface area contributed by atoms with Crippen molar-refractivity contribution in [2.75, 3.05) is 13.1 Å². The van der Waals surface area contributed by atoms with Crippen LogP contribution in [0.5, 0.6) is 0 Å². The Kier molecular flexibility index (Phi) is 3.97. The fraction of sp³-hybridized carbons (Fsp3) is 0.588. The molecule has 1 saturated heterocycles. The number of hydrogen-bond donors (Lipinski definition) is 1. The molecule has 4 heteroatoms. The van der Waals surface area contributed by atoms with E-state index in [2.05, 4.69) is 11.0 Å². The van der Waals surface area contributed by atoms with Gasteiger partial charge in [-0.2, -0.15) is 5.26 Å². The van der Waals surface area contributed by atoms with Gasteiger partial charge in [-0.3, -0.25) is 4.90 Å². The molecule has 1 N–H and O–H groups in total. The van der Waals surface area contributed by atoms with Crippen molar-refractivity contribution in [2.45, 2.75) is 43.7 Å². The van der Waals surface area contributed by atoms with E-state index in [0.717, 1.165) is 44.2 Å². The van der Waals surface area contributed by atoms with Gasteiger partial charge in [-0.15, -0.1) is 0 Å². The van der Waals surface area contributed by atoms with Gasteiger partial charge in [0.1, 0.15) is 5.82 Å². The van der Waals surface area contributed by atoms with Gasteiger partial charge in [0.05, 0.1) is 18.2 Å². The average Bonchev–Trinajstić information content (AvgIpc) is 2.49. The van der Waals surface area contributed by atoms with Gasteiger partial charge in [-0.05, 0) is 37.0 Å². The zero-order valence-electron chi connectivity index (χ0n) is 12.1. The Hall–Kier alpha value is -1.44. The topological polar surface area (TPSA) is 47.3 Å². The minimum Gasteiger partial charge on any atom is -0.389 e. The third kappa shape index (κ3) is 2.68. The maximum atomic E-state index is 13.2. The van der Waals surface area contributed by atoms with Crippen LogP contribution < -0.4 is 0 Å². The molecule has 1 aromatic rings. The van der Waals surface area contributed by atoms with Gasteiger partial charge in [-0.1, -0.05) is 25.0 Å². The predicted octanol–water partition coefficient (Wildman–Crippen LogP) is 3.02. The zero-order chi connectivity index (χ0) is 14.9. The molecule has 2 fully saturated rings. The highest BCUT2D eigenvalue weighted by molar-refractivity contribution is 5.24. The minimum absolute atomic E-state index is 0.0179. The molecule has 1 aliphatic carbocycles. The lowest BCUT2D eigenvalue weighted by Gasteiger charge is -2.52. The molecular formula is C17H21FN2O. The van der Waals surface area contributed by atoms with Crippen LogP contribution in [0.1, 0.15) is 43.7 Å². The largest absolute Gasteiger partial charge is 0.389 e. The Morgan fingerprint density at radius 1 is 1.29 bits per heavy atom. The Morgan fingerprint density at radius 2 is 2.05 bits per heavy atom. The Labute approximate surface area is 125 Å². The van der Waals surface area contributed by atoms with Gasteiger partial charge in [0.2, 0.25) is 0 Å². The van der Waals surface area contributed by atoms with Crippen molar-refractivity contribution in [1.29, 1.82) is 5.26 Å². The molecule has 1 aliphatic heterocycles. The van der Waals surface area contributed by atoms with Crippen LogP contribution in [0.25, 0.3) is 0 Å². The van der Waals surface area contributed by atoms with E-state index in [1.165, 1.54) is 12.1 Å². The highest BCUT2D eigenvalue weighted by atomic mass is 19.1. The number of fused-ring (bicyclic) bond motifs is 1. The fourth-order valence-corrected chi connectivity index (χ4v) is 4.11. The van der Waals surface area contributed by atoms with Crippen LogP contribution in [-0.2, 0) is 0 Å². The number of benzene rings is 1. The summed E-state index contributed by atoms with van der Waals surface area (Å²) in [6.45, 7) is 1.08. The number of nitrogens with zero attached hydrogens (tertiary/aromatic N) is 2. The van der Waals surface area contributed by atoms with Crippen LogP contribution in [0.4, 0.5) is 4.39 Å². The molecule has 0 radical (unpaired) electrons. The number of rotatable bonds is 2. The van der Waals surface area contributed by atoms with Gasteiger partial charge in [0.25, 0.3) is 0 Å². The number of aliphatic hydroxyl groups is 1. The molecule has 112 valence electrons. The molecule has 3 nitrogen and oxygen atoms in total. The molecule has 0 amide bonds. The molecule has 21 heavy (non-hydrogen) atoms. The van der Waals surface area contributed by atoms with Crippen molar-refractivity contribution in [3.05, 3.63) is 35.6 Å². The first-order valence-corrected chi connectivity index (χ1v) is 7.73. The molecule has 1 saturated carbocycles. The van der Waals surface area contributed by atoms with Crippen LogP contribution in [0.2, 0.25) is 0 Å². The molecule has 0 bridgehead atoms. The van der Waals surface area contributed by atoms with Crippen molar-refractivity contribution in [2.24, 2.45) is 5.92 Å². The second kappa shape index (κ2) is 5.75. The van der Waals surface area contributed by atoms with Crippen molar-refractivity contribution in [3.63, 3.8) is 0 Å². The Morgan fingerprint density at radius 3 is 2.76 bits per heavy atom. The lowest BCUT2D eigenvalue weighted by Crippen LogP contribution is -2.54. The number of halogens is 1. The van der Waals surface area contributed by atoms with Crippen LogP contribution >= 0.6 is 0 Å². The average molecular weight is 288 g/mol. The fourth-order valence-electron chi connectivity index (χ4n) is 4.11. The highest BCUT2D eigenvalue weighted by Crippen LogP contribution is 2.49. The molecule has 2 aliphatic rings. The van der Waals surface area contributed by atoms with Crippen LogP contribution in [0, 0.1) is 23.1 Å². The summed E-state index contributed by atoms with van der Waals surface area (Å²) < 4.78 is 13.2. The van der Waals surface area contributed by atoms with Crippen molar-refractivity contribution >= 4 is 0 Å². The summed E-state index contributed by atoms with van der Waals surface area (Å²) in [6, 6.07) is 8.77. The van der Waals surface area contributed by atoms with Crippen LogP contribution in [0.15, 0.2) is 24.3 Å². The van der Waals surface area contributed by atoms with E-state index in [1.807, 2.05) is 0 Å². The van der Waals surface area contributed by atoms with Crippen molar-refractivity contribution < 1.29 is 9.50 Å². The second-order valence-electron chi connectivity index (χ2n) is 6.33. The molecule has 3 rings (SSSR count). The van der Waals surface area contributed by atoms with Crippen LogP contribution in [0.3, 0.4) is 0 Å². The standard InChI is InChI=1S/C17H21FN2O/c18-14-6-4-13(5-7-14)16-15-3-1-2-8-17(15,21)9-11-20(16)12-10-19/h4-7,15-16,21H,1-3,8-9,11-12H2/t15-,16-,17+/m0/s1. The molecule has 3 atom stereocenters. The minimum atomic E-state index is -0.622. The van der Waals surface area contributed by atoms with E-state index in [9.17, 15) is 9.50 Å². The number of nitriles is 1. The van der Waals surface area contributed by atoms with E-state index >= 15 is 0 Å². The normalized spacial score (nSPS) is 33.2. The number of piperidine rings is 1. The maximum absolute atomic E-state index is 13.2. The monoisotopic (exact) mass is 288 g/mol. The third-order valence-corrected chi connectivity index (χ3v) is 5.16. The summed E-state index contributed by atoms with van der Waals surface area (Å²) in [5.74, 6) is -0.112. The van der Waals surface area contributed by atoms with Crippen molar-refractivity contribution in [1.82, 2.24) is 4.90 Å². The molecule has 0 unspecified atom stereocenters. The Bertz CT molecular complexity index is 539. The summed E-state index contributed by atoms with van der Waals surface area (Å²) >= 11 is 0. The summed E-state index contributed by atoms with van der Waals surface area (Å²) in [6.07, 6.45) is 4.74. The van der Waals surface area contributed by atoms with Gasteiger partial charge >= 0.3 is 0 Å². The first kappa shape index (κ1) is 14.5. The molecular weight excluding hydrogens is 267 g/mol. The summed E-state index contributed by atoms with van der Waals surface area (Å²) in [5, 5.41) is 20.1. The molecule has 0 aromatic heterocycles. The van der Waals surface area contributed by atoms with Gasteiger partial charge in [0.15, 0.2) is 0 Å². The van der Waals surface area contributed by atoms with E-state index < -0.39 is 5.60 Å². The third-order valence-electron chi connectivity index (χ3n) is 5.16. The van der Waals surface area contributed by atoms with Crippen molar-refractivity contribution in [3.8, 4) is 6.07 Å². The van der Waals surface area contributed by atoms with Gasteiger partial charge in [0, 0.05) is 18.5 Å². The first-order chi connectivity index (χ1) is 10.1.